The topological polar surface area (TPSA) is 48.5 Å². The molecule has 0 unspecified atom stereocenters. The highest BCUT2D eigenvalue weighted by molar-refractivity contribution is 7.13. The molecule has 2 heterocycles. The third-order valence-electron chi connectivity index (χ3n) is 4.99. The molecule has 1 N–H and O–H groups in total. The normalized spacial score (nSPS) is 15.3. The lowest BCUT2D eigenvalue weighted by molar-refractivity contribution is -0.117. The molecule has 2 aromatic carbocycles. The molecule has 5 nitrogen and oxygen atoms in total. The van der Waals surface area contributed by atoms with Crippen LogP contribution in [0.5, 0.6) is 0 Å². The van der Waals surface area contributed by atoms with Gasteiger partial charge in [0.1, 0.15) is 5.01 Å². The summed E-state index contributed by atoms with van der Waals surface area (Å²) in [4.78, 5) is 21.7. The van der Waals surface area contributed by atoms with E-state index in [1.165, 1.54) is 0 Å². The number of anilines is 1. The van der Waals surface area contributed by atoms with Crippen LogP contribution in [0.15, 0.2) is 53.9 Å². The molecule has 1 saturated heterocycles. The molecule has 30 heavy (non-hydrogen) atoms. The van der Waals surface area contributed by atoms with E-state index >= 15 is 0 Å². The van der Waals surface area contributed by atoms with Crippen LogP contribution < -0.4 is 5.32 Å². The summed E-state index contributed by atoms with van der Waals surface area (Å²) in [5, 5.41) is 7.06. The third kappa shape index (κ3) is 5.59. The highest BCUT2D eigenvalue weighted by atomic mass is 35.5. The van der Waals surface area contributed by atoms with Gasteiger partial charge in [0.05, 0.1) is 22.9 Å². The van der Waals surface area contributed by atoms with E-state index in [4.69, 9.17) is 28.2 Å². The number of rotatable bonds is 6. The molecule has 3 aromatic rings. The van der Waals surface area contributed by atoms with Crippen LogP contribution in [0.2, 0.25) is 10.0 Å². The van der Waals surface area contributed by atoms with Crippen molar-refractivity contribution in [2.45, 2.75) is 6.54 Å². The van der Waals surface area contributed by atoms with Crippen molar-refractivity contribution in [1.29, 1.82) is 0 Å². The minimum Gasteiger partial charge on any atom is -0.324 e. The summed E-state index contributed by atoms with van der Waals surface area (Å²) in [5.74, 6) is -0.0837. The van der Waals surface area contributed by atoms with Crippen molar-refractivity contribution in [3.05, 3.63) is 69.7 Å². The molecule has 1 aliphatic heterocycles. The maximum absolute atomic E-state index is 12.4. The summed E-state index contributed by atoms with van der Waals surface area (Å²) in [6, 6.07) is 15.3. The van der Waals surface area contributed by atoms with E-state index in [0.29, 0.717) is 22.3 Å². The largest absolute Gasteiger partial charge is 0.324 e. The van der Waals surface area contributed by atoms with Crippen LogP contribution >= 0.6 is 34.5 Å². The number of thiazole rings is 1. The van der Waals surface area contributed by atoms with Crippen LogP contribution in [-0.2, 0) is 11.3 Å². The Labute approximate surface area is 190 Å². The van der Waals surface area contributed by atoms with Crippen LogP contribution in [0.4, 0.5) is 5.69 Å². The molecule has 4 rings (SSSR count). The first kappa shape index (κ1) is 21.3. The summed E-state index contributed by atoms with van der Waals surface area (Å²) in [6.07, 6.45) is 0. The van der Waals surface area contributed by atoms with E-state index in [-0.39, 0.29) is 5.91 Å². The van der Waals surface area contributed by atoms with Gasteiger partial charge >= 0.3 is 0 Å². The fourth-order valence-electron chi connectivity index (χ4n) is 3.41. The van der Waals surface area contributed by atoms with Crippen molar-refractivity contribution in [2.24, 2.45) is 0 Å². The number of carbonyl (C=O) groups is 1. The zero-order valence-electron chi connectivity index (χ0n) is 16.4. The lowest BCUT2D eigenvalue weighted by atomic mass is 10.2. The van der Waals surface area contributed by atoms with Gasteiger partial charge in [-0.3, -0.25) is 14.6 Å². The second kappa shape index (κ2) is 9.90. The SMILES string of the molecule is O=C(CN1CCN(Cc2csc(-c3ccccc3)n2)CC1)Nc1cc(Cl)ccc1Cl. The minimum atomic E-state index is -0.0837. The molecule has 0 atom stereocenters. The van der Waals surface area contributed by atoms with Crippen LogP contribution in [0, 0.1) is 0 Å². The Balaban J connectivity index is 1.25. The number of benzene rings is 2. The molecule has 1 aromatic heterocycles. The lowest BCUT2D eigenvalue weighted by Crippen LogP contribution is -2.48. The lowest BCUT2D eigenvalue weighted by Gasteiger charge is -2.33. The molecule has 1 fully saturated rings. The second-order valence-electron chi connectivity index (χ2n) is 7.23. The Hall–Kier alpha value is -1.96. The summed E-state index contributed by atoms with van der Waals surface area (Å²) >= 11 is 13.8. The van der Waals surface area contributed by atoms with Gasteiger partial charge in [-0.05, 0) is 18.2 Å². The van der Waals surface area contributed by atoms with E-state index in [9.17, 15) is 4.79 Å². The van der Waals surface area contributed by atoms with Gasteiger partial charge in [0.15, 0.2) is 0 Å². The quantitative estimate of drug-likeness (QED) is 0.569. The molecule has 1 amide bonds. The van der Waals surface area contributed by atoms with Gasteiger partial charge in [-0.1, -0.05) is 53.5 Å². The Bertz CT molecular complexity index is 1000. The molecule has 0 saturated carbocycles. The van der Waals surface area contributed by atoms with E-state index < -0.39 is 0 Å². The van der Waals surface area contributed by atoms with Crippen LogP contribution in [0.25, 0.3) is 10.6 Å². The van der Waals surface area contributed by atoms with E-state index in [1.54, 1.807) is 29.5 Å². The van der Waals surface area contributed by atoms with Gasteiger partial charge in [-0.25, -0.2) is 4.98 Å². The first-order valence-corrected chi connectivity index (χ1v) is 11.4. The molecule has 1 aliphatic rings. The highest BCUT2D eigenvalue weighted by Gasteiger charge is 2.20. The van der Waals surface area contributed by atoms with Crippen molar-refractivity contribution in [3.8, 4) is 10.6 Å². The van der Waals surface area contributed by atoms with Crippen molar-refractivity contribution >= 4 is 46.1 Å². The number of halogens is 2. The van der Waals surface area contributed by atoms with Gasteiger partial charge < -0.3 is 5.32 Å². The van der Waals surface area contributed by atoms with Gasteiger partial charge in [0.2, 0.25) is 5.91 Å². The maximum Gasteiger partial charge on any atom is 0.238 e. The average Bonchev–Trinajstić information content (AvgIpc) is 3.21. The predicted octanol–water partition coefficient (Wildman–Crippen LogP) is 4.87. The summed E-state index contributed by atoms with van der Waals surface area (Å²) in [5.41, 5.74) is 2.80. The van der Waals surface area contributed by atoms with Crippen molar-refractivity contribution < 1.29 is 4.79 Å². The molecule has 0 aliphatic carbocycles. The number of hydrogen-bond donors (Lipinski definition) is 1. The number of piperazine rings is 1. The van der Waals surface area contributed by atoms with Gasteiger partial charge in [-0.2, -0.15) is 0 Å². The number of nitrogens with one attached hydrogen (secondary N) is 1. The first-order chi connectivity index (χ1) is 14.6. The first-order valence-electron chi connectivity index (χ1n) is 9.76. The molecule has 156 valence electrons. The smallest absolute Gasteiger partial charge is 0.238 e. The fourth-order valence-corrected chi connectivity index (χ4v) is 4.57. The summed E-state index contributed by atoms with van der Waals surface area (Å²) in [6.45, 7) is 4.67. The van der Waals surface area contributed by atoms with E-state index in [1.807, 2.05) is 18.2 Å². The second-order valence-corrected chi connectivity index (χ2v) is 8.94. The molecular formula is C22H22Cl2N4OS. The number of amides is 1. The number of hydrogen-bond acceptors (Lipinski definition) is 5. The molecule has 8 heteroatoms. The van der Waals surface area contributed by atoms with Gasteiger partial charge in [-0.15, -0.1) is 11.3 Å². The number of nitrogens with zero attached hydrogens (tertiary/aromatic N) is 3. The fraction of sp³-hybridized carbons (Fsp3) is 0.273. The zero-order chi connectivity index (χ0) is 20.9. The molecule has 0 bridgehead atoms. The van der Waals surface area contributed by atoms with Crippen LogP contribution in [0.3, 0.4) is 0 Å². The Morgan fingerprint density at radius 1 is 1.03 bits per heavy atom. The Kier molecular flexibility index (Phi) is 7.02. The standard InChI is InChI=1S/C22H22Cl2N4OS/c23-17-6-7-19(24)20(12-17)26-21(29)14-28-10-8-27(9-11-28)13-18-15-30-22(25-18)16-4-2-1-3-5-16/h1-7,12,15H,8-11,13-14H2,(H,26,29). The van der Waals surface area contributed by atoms with Crippen molar-refractivity contribution in [1.82, 2.24) is 14.8 Å². The minimum absolute atomic E-state index is 0.0837. The Morgan fingerprint density at radius 2 is 1.77 bits per heavy atom. The monoisotopic (exact) mass is 460 g/mol. The van der Waals surface area contributed by atoms with Crippen molar-refractivity contribution in [3.63, 3.8) is 0 Å². The highest BCUT2D eigenvalue weighted by Crippen LogP contribution is 2.26. The van der Waals surface area contributed by atoms with Crippen molar-refractivity contribution in [2.75, 3.05) is 38.0 Å². The third-order valence-corrected chi connectivity index (χ3v) is 6.50. The number of aromatic nitrogens is 1. The maximum atomic E-state index is 12.4. The predicted molar refractivity (Wildman–Crippen MR) is 124 cm³/mol. The average molecular weight is 461 g/mol. The molecule has 0 spiro atoms. The summed E-state index contributed by atoms with van der Waals surface area (Å²) in [7, 11) is 0. The van der Waals surface area contributed by atoms with E-state index in [0.717, 1.165) is 49.0 Å². The van der Waals surface area contributed by atoms with E-state index in [2.05, 4.69) is 32.6 Å². The number of carbonyl (C=O) groups excluding carboxylic acids is 1. The van der Waals surface area contributed by atoms with Gasteiger partial charge in [0, 0.05) is 48.7 Å². The molecule has 0 radical (unpaired) electrons. The van der Waals surface area contributed by atoms with Crippen LogP contribution in [-0.4, -0.2) is 53.4 Å². The Morgan fingerprint density at radius 3 is 2.53 bits per heavy atom. The summed E-state index contributed by atoms with van der Waals surface area (Å²) < 4.78 is 0. The molecular weight excluding hydrogens is 439 g/mol. The van der Waals surface area contributed by atoms with Crippen LogP contribution in [0.1, 0.15) is 5.69 Å². The van der Waals surface area contributed by atoms with Gasteiger partial charge in [0.25, 0.3) is 0 Å². The zero-order valence-corrected chi connectivity index (χ0v) is 18.7.